The van der Waals surface area contributed by atoms with Gasteiger partial charge in [-0.1, -0.05) is 46.9 Å². The first-order valence-electron chi connectivity index (χ1n) is 10.9. The number of hydrazone groups is 1. The van der Waals surface area contributed by atoms with Crippen molar-refractivity contribution < 1.29 is 9.53 Å². The Morgan fingerprint density at radius 1 is 1.12 bits per heavy atom. The number of nitrogens with one attached hydrogen (secondary N) is 1. The van der Waals surface area contributed by atoms with Crippen LogP contribution < -0.4 is 10.4 Å². The van der Waals surface area contributed by atoms with Crippen molar-refractivity contribution >= 4 is 52.1 Å². The molecule has 0 spiro atoms. The summed E-state index contributed by atoms with van der Waals surface area (Å²) >= 11 is 18.7. The number of hydrazine groups is 1. The Hall–Kier alpha value is -1.83. The van der Waals surface area contributed by atoms with E-state index in [9.17, 15) is 4.79 Å². The van der Waals surface area contributed by atoms with Crippen LogP contribution in [0.2, 0.25) is 15.1 Å². The fourth-order valence-corrected chi connectivity index (χ4v) is 5.06. The van der Waals surface area contributed by atoms with Crippen LogP contribution in [0.5, 0.6) is 0 Å². The van der Waals surface area contributed by atoms with Gasteiger partial charge in [-0.25, -0.2) is 5.01 Å². The molecule has 2 aliphatic rings. The van der Waals surface area contributed by atoms with E-state index in [0.717, 1.165) is 24.9 Å². The van der Waals surface area contributed by atoms with E-state index in [2.05, 4.69) is 5.43 Å². The average Bonchev–Trinajstić information content (AvgIpc) is 3.42. The predicted molar refractivity (Wildman–Crippen MR) is 134 cm³/mol. The first-order valence-corrected chi connectivity index (χ1v) is 12.0. The molecule has 2 unspecified atom stereocenters. The van der Waals surface area contributed by atoms with Crippen LogP contribution in [0, 0.1) is 0 Å². The number of ether oxygens (including phenoxy) is 1. The smallest absolute Gasteiger partial charge is 0.281 e. The van der Waals surface area contributed by atoms with E-state index in [0.29, 0.717) is 32.9 Å². The Labute approximate surface area is 209 Å². The zero-order chi connectivity index (χ0) is 23.8. The summed E-state index contributed by atoms with van der Waals surface area (Å²) in [6.45, 7) is 4.84. The molecule has 33 heavy (non-hydrogen) atoms. The first kappa shape index (κ1) is 24.3. The van der Waals surface area contributed by atoms with Crippen molar-refractivity contribution in [1.82, 2.24) is 10.4 Å². The lowest BCUT2D eigenvalue weighted by molar-refractivity contribution is -0.123. The molecule has 0 bridgehead atoms. The van der Waals surface area contributed by atoms with Crippen molar-refractivity contribution in [2.75, 3.05) is 18.7 Å². The second-order valence-corrected chi connectivity index (χ2v) is 10.1. The largest absolute Gasteiger partial charge is 0.377 e. The van der Waals surface area contributed by atoms with Crippen LogP contribution in [-0.2, 0) is 9.53 Å². The SMILES string of the molecule is COC(C)(C)C1CCCN1NC(=O)C1=NN(c2ccc(Cl)cc2Cl)C(c2ccc(Cl)cc2)C1. The molecule has 1 amide bonds. The van der Waals surface area contributed by atoms with E-state index >= 15 is 0 Å². The molecule has 2 aliphatic heterocycles. The number of amides is 1. The Morgan fingerprint density at radius 3 is 2.48 bits per heavy atom. The first-order chi connectivity index (χ1) is 15.7. The average molecular weight is 510 g/mol. The highest BCUT2D eigenvalue weighted by molar-refractivity contribution is 6.40. The van der Waals surface area contributed by atoms with Crippen molar-refractivity contribution in [3.8, 4) is 0 Å². The highest BCUT2D eigenvalue weighted by Crippen LogP contribution is 2.40. The van der Waals surface area contributed by atoms with E-state index in [1.165, 1.54) is 0 Å². The lowest BCUT2D eigenvalue weighted by Gasteiger charge is -2.36. The molecule has 1 saturated heterocycles. The van der Waals surface area contributed by atoms with Gasteiger partial charge in [-0.2, -0.15) is 5.10 Å². The van der Waals surface area contributed by atoms with E-state index in [1.807, 2.05) is 49.2 Å². The molecule has 2 heterocycles. The number of carbonyl (C=O) groups excluding carboxylic acids is 1. The normalized spacial score (nSPS) is 21.4. The fourth-order valence-electron chi connectivity index (χ4n) is 4.44. The molecule has 9 heteroatoms. The number of benzene rings is 2. The third kappa shape index (κ3) is 5.15. The third-order valence-electron chi connectivity index (χ3n) is 6.41. The number of carbonyl (C=O) groups is 1. The van der Waals surface area contributed by atoms with Gasteiger partial charge in [-0.3, -0.25) is 15.2 Å². The number of anilines is 1. The Kier molecular flexibility index (Phi) is 7.22. The standard InChI is InChI=1S/C24H27Cl3N4O2/c1-24(2,33-3)22-5-4-12-30(22)29-23(32)19-14-21(15-6-8-16(25)9-7-15)31(28-19)20-11-10-17(26)13-18(20)27/h6-11,13,21-22H,4-5,12,14H2,1-3H3,(H,29,32). The van der Waals surface area contributed by atoms with Gasteiger partial charge in [0.1, 0.15) is 5.71 Å². The summed E-state index contributed by atoms with van der Waals surface area (Å²) in [6.07, 6.45) is 2.37. The van der Waals surface area contributed by atoms with Gasteiger partial charge in [0.2, 0.25) is 0 Å². The van der Waals surface area contributed by atoms with Gasteiger partial charge in [0.05, 0.1) is 28.4 Å². The Morgan fingerprint density at radius 2 is 1.82 bits per heavy atom. The van der Waals surface area contributed by atoms with E-state index in [-0.39, 0.29) is 23.6 Å². The summed E-state index contributed by atoms with van der Waals surface area (Å²) in [5, 5.41) is 10.1. The third-order valence-corrected chi connectivity index (χ3v) is 7.20. The van der Waals surface area contributed by atoms with Crippen molar-refractivity contribution in [3.63, 3.8) is 0 Å². The molecule has 0 radical (unpaired) electrons. The topological polar surface area (TPSA) is 57.2 Å². The van der Waals surface area contributed by atoms with Crippen LogP contribution in [0.4, 0.5) is 5.69 Å². The van der Waals surface area contributed by atoms with Crippen LogP contribution in [-0.4, -0.2) is 41.9 Å². The predicted octanol–water partition coefficient (Wildman–Crippen LogP) is 5.87. The van der Waals surface area contributed by atoms with Gasteiger partial charge in [0.25, 0.3) is 5.91 Å². The maximum atomic E-state index is 13.3. The van der Waals surface area contributed by atoms with E-state index in [4.69, 9.17) is 44.6 Å². The summed E-state index contributed by atoms with van der Waals surface area (Å²) in [7, 11) is 1.70. The second-order valence-electron chi connectivity index (χ2n) is 8.86. The van der Waals surface area contributed by atoms with Crippen molar-refractivity contribution in [2.24, 2.45) is 5.10 Å². The quantitative estimate of drug-likeness (QED) is 0.529. The maximum Gasteiger partial charge on any atom is 0.281 e. The van der Waals surface area contributed by atoms with Gasteiger partial charge in [0, 0.05) is 30.1 Å². The minimum Gasteiger partial charge on any atom is -0.377 e. The fraction of sp³-hybridized carbons (Fsp3) is 0.417. The van der Waals surface area contributed by atoms with Crippen LogP contribution in [0.25, 0.3) is 0 Å². The van der Waals surface area contributed by atoms with Crippen LogP contribution >= 0.6 is 34.8 Å². The molecule has 2 atom stereocenters. The van der Waals surface area contributed by atoms with E-state index in [1.54, 1.807) is 24.3 Å². The number of halogens is 3. The summed E-state index contributed by atoms with van der Waals surface area (Å²) in [6, 6.07) is 12.7. The number of hydrogen-bond acceptors (Lipinski definition) is 5. The zero-order valence-electron chi connectivity index (χ0n) is 18.8. The molecule has 1 N–H and O–H groups in total. The lowest BCUT2D eigenvalue weighted by Crippen LogP contribution is -2.55. The van der Waals surface area contributed by atoms with Gasteiger partial charge in [-0.05, 0) is 62.6 Å². The molecular weight excluding hydrogens is 483 g/mol. The van der Waals surface area contributed by atoms with E-state index < -0.39 is 0 Å². The zero-order valence-corrected chi connectivity index (χ0v) is 21.1. The highest BCUT2D eigenvalue weighted by Gasteiger charge is 2.40. The van der Waals surface area contributed by atoms with Gasteiger partial charge in [-0.15, -0.1) is 0 Å². The van der Waals surface area contributed by atoms with Crippen LogP contribution in [0.3, 0.4) is 0 Å². The van der Waals surface area contributed by atoms with Gasteiger partial charge >= 0.3 is 0 Å². The lowest BCUT2D eigenvalue weighted by atomic mass is 9.97. The van der Waals surface area contributed by atoms with Gasteiger partial charge in [0.15, 0.2) is 0 Å². The minimum absolute atomic E-state index is 0.0855. The molecule has 0 saturated carbocycles. The summed E-state index contributed by atoms with van der Waals surface area (Å²) in [5.74, 6) is -0.222. The highest BCUT2D eigenvalue weighted by atomic mass is 35.5. The monoisotopic (exact) mass is 508 g/mol. The molecular formula is C24H27Cl3N4O2. The Bertz CT molecular complexity index is 1060. The molecule has 1 fully saturated rings. The minimum atomic E-state index is -0.379. The molecule has 176 valence electrons. The molecule has 0 aromatic heterocycles. The van der Waals surface area contributed by atoms with Crippen LogP contribution in [0.1, 0.15) is 44.7 Å². The number of methoxy groups -OCH3 is 1. The van der Waals surface area contributed by atoms with Gasteiger partial charge < -0.3 is 4.74 Å². The maximum absolute atomic E-state index is 13.3. The number of hydrogen-bond donors (Lipinski definition) is 1. The molecule has 6 nitrogen and oxygen atoms in total. The van der Waals surface area contributed by atoms with Crippen LogP contribution in [0.15, 0.2) is 47.6 Å². The molecule has 2 aromatic rings. The number of nitrogens with zero attached hydrogens (tertiary/aromatic N) is 3. The van der Waals surface area contributed by atoms with Crippen molar-refractivity contribution in [2.45, 2.75) is 50.8 Å². The summed E-state index contributed by atoms with van der Waals surface area (Å²) in [5.41, 5.74) is 4.79. The Balaban J connectivity index is 1.61. The summed E-state index contributed by atoms with van der Waals surface area (Å²) in [4.78, 5) is 13.3. The second kappa shape index (κ2) is 9.80. The number of rotatable bonds is 6. The van der Waals surface area contributed by atoms with Crippen molar-refractivity contribution in [3.05, 3.63) is 63.1 Å². The molecule has 0 aliphatic carbocycles. The summed E-state index contributed by atoms with van der Waals surface area (Å²) < 4.78 is 5.67. The van der Waals surface area contributed by atoms with Crippen molar-refractivity contribution in [1.29, 1.82) is 0 Å². The molecule has 4 rings (SSSR count). The molecule has 2 aromatic carbocycles.